The molecule has 0 aliphatic rings. The molecular formula is C5H6N4O5. The maximum atomic E-state index is 11.2. The fourth-order valence-electron chi connectivity index (χ4n) is 0.648. The van der Waals surface area contributed by atoms with Crippen LogP contribution in [0.25, 0.3) is 0 Å². The number of hydrogen-bond acceptors (Lipinski definition) is 7. The maximum absolute atomic E-state index is 11.2. The van der Waals surface area contributed by atoms with Gasteiger partial charge in [0.25, 0.3) is 0 Å². The van der Waals surface area contributed by atoms with Gasteiger partial charge >= 0.3 is 17.9 Å². The van der Waals surface area contributed by atoms with Crippen LogP contribution in [-0.4, -0.2) is 46.2 Å². The molecule has 0 aliphatic carbocycles. The summed E-state index contributed by atoms with van der Waals surface area (Å²) in [7, 11) is 2.12. The highest BCUT2D eigenvalue weighted by Crippen LogP contribution is 1.81. The minimum absolute atomic E-state index is 0.289. The molecule has 0 N–H and O–H groups in total. The van der Waals surface area contributed by atoms with Crippen molar-refractivity contribution in [3.63, 3.8) is 0 Å². The van der Waals surface area contributed by atoms with Crippen LogP contribution in [0.15, 0.2) is 4.79 Å². The Morgan fingerprint density at radius 2 is 1.43 bits per heavy atom. The normalized spacial score (nSPS) is 9.57. The van der Waals surface area contributed by atoms with Gasteiger partial charge in [0, 0.05) is 0 Å². The van der Waals surface area contributed by atoms with E-state index in [1.165, 1.54) is 0 Å². The van der Waals surface area contributed by atoms with E-state index in [9.17, 15) is 14.4 Å². The summed E-state index contributed by atoms with van der Waals surface area (Å²) in [5.41, 5.74) is -1.05. The van der Waals surface area contributed by atoms with Gasteiger partial charge in [0.2, 0.25) is 0 Å². The van der Waals surface area contributed by atoms with E-state index in [2.05, 4.69) is 19.9 Å². The number of hydrogen-bond donors (Lipinski definition) is 0. The zero-order chi connectivity index (χ0) is 10.7. The summed E-state index contributed by atoms with van der Waals surface area (Å²) in [6.45, 7) is 0. The lowest BCUT2D eigenvalue weighted by Gasteiger charge is -1.93. The molecule has 14 heavy (non-hydrogen) atoms. The average molecular weight is 202 g/mol. The molecule has 0 saturated heterocycles. The minimum atomic E-state index is -1.05. The Morgan fingerprint density at radius 1 is 1.07 bits per heavy atom. The Kier molecular flexibility index (Phi) is 2.60. The van der Waals surface area contributed by atoms with Gasteiger partial charge in [-0.25, -0.2) is 14.4 Å². The molecule has 0 aliphatic heterocycles. The molecule has 1 aromatic rings. The molecule has 0 radical (unpaired) electrons. The van der Waals surface area contributed by atoms with Crippen LogP contribution in [-0.2, 0) is 9.47 Å². The van der Waals surface area contributed by atoms with Crippen LogP contribution in [0.2, 0.25) is 0 Å². The van der Waals surface area contributed by atoms with Crippen molar-refractivity contribution in [3.8, 4) is 0 Å². The van der Waals surface area contributed by atoms with E-state index in [1.807, 2.05) is 0 Å². The summed E-state index contributed by atoms with van der Waals surface area (Å²) in [4.78, 5) is 32.8. The summed E-state index contributed by atoms with van der Waals surface area (Å²) in [5.74, 6) is 0. The summed E-state index contributed by atoms with van der Waals surface area (Å²) in [6, 6.07) is 0. The van der Waals surface area contributed by atoms with Crippen molar-refractivity contribution in [3.05, 3.63) is 10.5 Å². The molecule has 0 amide bonds. The number of nitrogens with zero attached hydrogens (tertiary/aromatic N) is 4. The average Bonchev–Trinajstić information content (AvgIpc) is 2.58. The highest BCUT2D eigenvalue weighted by atomic mass is 16.6. The van der Waals surface area contributed by atoms with Gasteiger partial charge in [-0.15, -0.1) is 0 Å². The van der Waals surface area contributed by atoms with Crippen LogP contribution in [0.5, 0.6) is 0 Å². The van der Waals surface area contributed by atoms with Crippen molar-refractivity contribution >= 4 is 12.2 Å². The van der Waals surface area contributed by atoms with Crippen molar-refractivity contribution in [2.75, 3.05) is 14.2 Å². The lowest BCUT2D eigenvalue weighted by Crippen LogP contribution is -2.33. The molecule has 0 saturated carbocycles. The molecule has 1 heterocycles. The molecule has 0 atom stereocenters. The highest BCUT2D eigenvalue weighted by molar-refractivity contribution is 5.71. The molecule has 0 spiro atoms. The van der Waals surface area contributed by atoms with Crippen LogP contribution in [0.3, 0.4) is 0 Å². The largest absolute Gasteiger partial charge is 0.451 e. The van der Waals surface area contributed by atoms with Crippen LogP contribution in [0, 0.1) is 0 Å². The topological polar surface area (TPSA) is 105 Å². The third-order valence-electron chi connectivity index (χ3n) is 1.28. The zero-order valence-corrected chi connectivity index (χ0v) is 7.33. The van der Waals surface area contributed by atoms with Gasteiger partial charge in [-0.3, -0.25) is 0 Å². The van der Waals surface area contributed by atoms with E-state index in [0.29, 0.717) is 0 Å². The Bertz CT molecular complexity index is 382. The molecule has 1 rings (SSSR count). The quantitative estimate of drug-likeness (QED) is 0.479. The smallest absolute Gasteiger partial charge is 0.440 e. The van der Waals surface area contributed by atoms with Crippen molar-refractivity contribution in [1.82, 2.24) is 19.8 Å². The summed E-state index contributed by atoms with van der Waals surface area (Å²) in [6.07, 6.45) is -2.07. The molecule has 0 fully saturated rings. The number of carbonyl (C=O) groups excluding carboxylic acids is 2. The first-order valence-electron chi connectivity index (χ1n) is 3.33. The number of aromatic nitrogens is 4. The number of ether oxygens (including phenoxy) is 2. The molecule has 0 aromatic carbocycles. The number of tetrazole rings is 1. The zero-order valence-electron chi connectivity index (χ0n) is 7.33. The Hall–Kier alpha value is -2.19. The van der Waals surface area contributed by atoms with Crippen LogP contribution in [0.1, 0.15) is 0 Å². The van der Waals surface area contributed by atoms with E-state index < -0.39 is 17.9 Å². The van der Waals surface area contributed by atoms with E-state index in [4.69, 9.17) is 0 Å². The first-order chi connectivity index (χ1) is 6.61. The van der Waals surface area contributed by atoms with Gasteiger partial charge in [-0.1, -0.05) is 9.36 Å². The Morgan fingerprint density at radius 3 is 1.71 bits per heavy atom. The number of rotatable bonds is 0. The van der Waals surface area contributed by atoms with Gasteiger partial charge in [0.05, 0.1) is 14.2 Å². The van der Waals surface area contributed by atoms with Gasteiger partial charge in [-0.05, 0) is 10.4 Å². The fourth-order valence-corrected chi connectivity index (χ4v) is 0.648. The van der Waals surface area contributed by atoms with Gasteiger partial charge in [-0.2, -0.15) is 0 Å². The van der Waals surface area contributed by atoms with Gasteiger partial charge < -0.3 is 9.47 Å². The molecular weight excluding hydrogens is 196 g/mol. The summed E-state index contributed by atoms with van der Waals surface area (Å²) in [5, 5.41) is 6.19. The number of carbonyl (C=O) groups is 2. The first-order valence-corrected chi connectivity index (χ1v) is 3.33. The molecule has 1 aromatic heterocycles. The molecule has 0 unspecified atom stereocenters. The SMILES string of the molecule is COC(=O)n1nnn(C(=O)OC)c1=O. The van der Waals surface area contributed by atoms with Gasteiger partial charge in [0.1, 0.15) is 0 Å². The standard InChI is InChI=1S/C5H6N4O5/c1-13-4(11)8-3(10)9(7-6-8)5(12)14-2/h1-2H3. The maximum Gasteiger partial charge on any atom is 0.440 e. The molecule has 76 valence electrons. The third-order valence-corrected chi connectivity index (χ3v) is 1.28. The minimum Gasteiger partial charge on any atom is -0.451 e. The molecule has 0 bridgehead atoms. The van der Waals surface area contributed by atoms with Crippen LogP contribution < -0.4 is 5.69 Å². The van der Waals surface area contributed by atoms with Crippen molar-refractivity contribution in [2.45, 2.75) is 0 Å². The lowest BCUT2D eigenvalue weighted by molar-refractivity contribution is 0.166. The van der Waals surface area contributed by atoms with Crippen LogP contribution in [0.4, 0.5) is 9.59 Å². The number of methoxy groups -OCH3 is 2. The predicted molar refractivity (Wildman–Crippen MR) is 39.9 cm³/mol. The first kappa shape index (κ1) is 9.89. The molecule has 9 nitrogen and oxygen atoms in total. The van der Waals surface area contributed by atoms with E-state index in [0.717, 1.165) is 14.2 Å². The van der Waals surface area contributed by atoms with Gasteiger partial charge in [0.15, 0.2) is 0 Å². The highest BCUT2D eigenvalue weighted by Gasteiger charge is 2.18. The summed E-state index contributed by atoms with van der Waals surface area (Å²) >= 11 is 0. The Labute approximate surface area is 76.8 Å². The summed E-state index contributed by atoms with van der Waals surface area (Å²) < 4.78 is 8.98. The van der Waals surface area contributed by atoms with Crippen molar-refractivity contribution < 1.29 is 19.1 Å². The monoisotopic (exact) mass is 202 g/mol. The lowest BCUT2D eigenvalue weighted by atomic mass is 11.0. The van der Waals surface area contributed by atoms with Crippen LogP contribution >= 0.6 is 0 Å². The second kappa shape index (κ2) is 3.68. The third kappa shape index (κ3) is 1.46. The predicted octanol–water partition coefficient (Wildman–Crippen LogP) is -1.33. The van der Waals surface area contributed by atoms with E-state index in [-0.39, 0.29) is 9.36 Å². The Balaban J connectivity index is 3.15. The van der Waals surface area contributed by atoms with E-state index in [1.54, 1.807) is 0 Å². The second-order valence-electron chi connectivity index (χ2n) is 2.03. The molecule has 9 heteroatoms. The fraction of sp³-hybridized carbons (Fsp3) is 0.400. The van der Waals surface area contributed by atoms with Crippen molar-refractivity contribution in [1.29, 1.82) is 0 Å². The van der Waals surface area contributed by atoms with Crippen molar-refractivity contribution in [2.24, 2.45) is 0 Å². The van der Waals surface area contributed by atoms with E-state index >= 15 is 0 Å². The second-order valence-corrected chi connectivity index (χ2v) is 2.03.